The van der Waals surface area contributed by atoms with Crippen molar-refractivity contribution in [3.05, 3.63) is 151 Å². The van der Waals surface area contributed by atoms with Crippen LogP contribution in [0.5, 0.6) is 0 Å². The molecule has 1 aliphatic carbocycles. The minimum Gasteiger partial charge on any atom is -0.456 e. The SMILES string of the molecule is C1=Cc2oc3c(-c4c5ccccc5c(-c5ccc(-c6ccc7ccccc7c6)cc5)c5ccccc45)cccc3c2CC1. The fourth-order valence-corrected chi connectivity index (χ4v) is 7.12. The van der Waals surface area contributed by atoms with Crippen LogP contribution < -0.4 is 0 Å². The van der Waals surface area contributed by atoms with Crippen molar-refractivity contribution in [2.45, 2.75) is 12.8 Å². The summed E-state index contributed by atoms with van der Waals surface area (Å²) in [5.74, 6) is 1.01. The van der Waals surface area contributed by atoms with E-state index < -0.39 is 0 Å². The fourth-order valence-electron chi connectivity index (χ4n) is 7.12. The Labute approximate surface area is 250 Å². The zero-order chi connectivity index (χ0) is 28.3. The summed E-state index contributed by atoms with van der Waals surface area (Å²) in [5.41, 5.74) is 9.67. The summed E-state index contributed by atoms with van der Waals surface area (Å²) >= 11 is 0. The smallest absolute Gasteiger partial charge is 0.142 e. The molecule has 0 saturated heterocycles. The van der Waals surface area contributed by atoms with Crippen LogP contribution in [0.4, 0.5) is 0 Å². The van der Waals surface area contributed by atoms with Crippen molar-refractivity contribution in [3.63, 3.8) is 0 Å². The van der Waals surface area contributed by atoms with Crippen molar-refractivity contribution in [1.82, 2.24) is 0 Å². The summed E-state index contributed by atoms with van der Waals surface area (Å²) < 4.78 is 6.58. The summed E-state index contributed by atoms with van der Waals surface area (Å²) in [6.45, 7) is 0. The molecular formula is C42H28O. The first-order valence-corrected chi connectivity index (χ1v) is 15.1. The molecule has 0 bridgehead atoms. The predicted octanol–water partition coefficient (Wildman–Crippen LogP) is 11.9. The number of hydrogen-bond acceptors (Lipinski definition) is 1. The molecule has 9 rings (SSSR count). The molecule has 0 amide bonds. The van der Waals surface area contributed by atoms with Gasteiger partial charge in [0.1, 0.15) is 11.3 Å². The molecule has 1 aliphatic rings. The van der Waals surface area contributed by atoms with E-state index in [0.29, 0.717) is 0 Å². The van der Waals surface area contributed by atoms with Gasteiger partial charge in [-0.25, -0.2) is 0 Å². The molecule has 0 aliphatic heterocycles. The zero-order valence-electron chi connectivity index (χ0n) is 23.7. The molecule has 0 fully saturated rings. The molecule has 0 atom stereocenters. The Morgan fingerprint density at radius 3 is 1.81 bits per heavy atom. The Balaban J connectivity index is 1.27. The van der Waals surface area contributed by atoms with E-state index in [-0.39, 0.29) is 0 Å². The summed E-state index contributed by atoms with van der Waals surface area (Å²) in [6, 6.07) is 48.7. The monoisotopic (exact) mass is 548 g/mol. The predicted molar refractivity (Wildman–Crippen MR) is 182 cm³/mol. The van der Waals surface area contributed by atoms with Gasteiger partial charge in [-0.2, -0.15) is 0 Å². The van der Waals surface area contributed by atoms with Gasteiger partial charge in [0.25, 0.3) is 0 Å². The minimum atomic E-state index is 0.988. The van der Waals surface area contributed by atoms with Crippen LogP contribution in [0.3, 0.4) is 0 Å². The van der Waals surface area contributed by atoms with Crippen molar-refractivity contribution in [1.29, 1.82) is 0 Å². The summed E-state index contributed by atoms with van der Waals surface area (Å²) in [5, 5.41) is 8.76. The van der Waals surface area contributed by atoms with Gasteiger partial charge < -0.3 is 4.42 Å². The lowest BCUT2D eigenvalue weighted by Crippen LogP contribution is -1.91. The van der Waals surface area contributed by atoms with Gasteiger partial charge in [-0.1, -0.05) is 133 Å². The standard InChI is InChI=1S/C42H28O/c1-2-11-30-26-31(25-22-27(30)10-1)28-20-23-29(24-21-28)40-33-13-3-5-15-35(33)41(36-16-6-4-14-34(36)40)38-18-9-17-37-32-12-7-8-19-39(32)43-42(37)38/h1-6,8-11,13-26H,7,12H2. The topological polar surface area (TPSA) is 13.1 Å². The molecule has 0 saturated carbocycles. The van der Waals surface area contributed by atoms with Crippen LogP contribution in [0.2, 0.25) is 0 Å². The first-order chi connectivity index (χ1) is 21.3. The van der Waals surface area contributed by atoms with Crippen molar-refractivity contribution in [2.24, 2.45) is 0 Å². The second-order valence-corrected chi connectivity index (χ2v) is 11.5. The van der Waals surface area contributed by atoms with Crippen molar-refractivity contribution >= 4 is 49.4 Å². The quantitative estimate of drug-likeness (QED) is 0.200. The number of benzene rings is 7. The third-order valence-electron chi connectivity index (χ3n) is 9.14. The van der Waals surface area contributed by atoms with Crippen LogP contribution >= 0.6 is 0 Å². The Hall–Kier alpha value is -5.40. The molecule has 0 spiro atoms. The van der Waals surface area contributed by atoms with Gasteiger partial charge in [-0.05, 0) is 79.6 Å². The van der Waals surface area contributed by atoms with Crippen LogP contribution in [-0.4, -0.2) is 0 Å². The van der Waals surface area contributed by atoms with Gasteiger partial charge in [0.2, 0.25) is 0 Å². The number of allylic oxidation sites excluding steroid dienone is 1. The van der Waals surface area contributed by atoms with Crippen LogP contribution in [0.1, 0.15) is 17.7 Å². The van der Waals surface area contributed by atoms with E-state index in [4.69, 9.17) is 4.42 Å². The van der Waals surface area contributed by atoms with E-state index in [1.54, 1.807) is 0 Å². The molecule has 43 heavy (non-hydrogen) atoms. The van der Waals surface area contributed by atoms with Crippen LogP contribution in [0, 0.1) is 0 Å². The molecule has 1 heteroatoms. The van der Waals surface area contributed by atoms with E-state index in [1.165, 1.54) is 71.1 Å². The van der Waals surface area contributed by atoms with Crippen LogP contribution in [0.15, 0.2) is 144 Å². The molecule has 202 valence electrons. The van der Waals surface area contributed by atoms with E-state index in [2.05, 4.69) is 146 Å². The second kappa shape index (κ2) is 9.58. The number of fused-ring (bicyclic) bond motifs is 6. The third kappa shape index (κ3) is 3.78. The molecule has 1 aromatic heterocycles. The molecule has 0 N–H and O–H groups in total. The maximum atomic E-state index is 6.58. The number of para-hydroxylation sites is 1. The van der Waals surface area contributed by atoms with E-state index in [0.717, 1.165) is 29.7 Å². The first kappa shape index (κ1) is 24.2. The average Bonchev–Trinajstić information content (AvgIpc) is 3.46. The molecule has 8 aromatic rings. The highest BCUT2D eigenvalue weighted by Gasteiger charge is 2.22. The van der Waals surface area contributed by atoms with Gasteiger partial charge in [-0.3, -0.25) is 0 Å². The highest BCUT2D eigenvalue weighted by atomic mass is 16.3. The van der Waals surface area contributed by atoms with Gasteiger partial charge in [0, 0.05) is 22.1 Å². The average molecular weight is 549 g/mol. The summed E-state index contributed by atoms with van der Waals surface area (Å²) in [6.07, 6.45) is 6.45. The van der Waals surface area contributed by atoms with E-state index in [9.17, 15) is 0 Å². The molecular weight excluding hydrogens is 520 g/mol. The van der Waals surface area contributed by atoms with Gasteiger partial charge in [0.15, 0.2) is 0 Å². The van der Waals surface area contributed by atoms with E-state index in [1.807, 2.05) is 0 Å². The molecule has 0 unspecified atom stereocenters. The summed E-state index contributed by atoms with van der Waals surface area (Å²) in [4.78, 5) is 0. The minimum absolute atomic E-state index is 0.988. The Morgan fingerprint density at radius 2 is 1.07 bits per heavy atom. The molecule has 7 aromatic carbocycles. The largest absolute Gasteiger partial charge is 0.456 e. The first-order valence-electron chi connectivity index (χ1n) is 15.1. The number of rotatable bonds is 3. The molecule has 1 nitrogen and oxygen atoms in total. The van der Waals surface area contributed by atoms with Crippen LogP contribution in [0.25, 0.3) is 82.7 Å². The van der Waals surface area contributed by atoms with Gasteiger partial charge >= 0.3 is 0 Å². The fraction of sp³-hybridized carbons (Fsp3) is 0.0476. The van der Waals surface area contributed by atoms with Crippen molar-refractivity contribution in [2.75, 3.05) is 0 Å². The maximum absolute atomic E-state index is 6.58. The van der Waals surface area contributed by atoms with Gasteiger partial charge in [-0.15, -0.1) is 0 Å². The van der Waals surface area contributed by atoms with Crippen molar-refractivity contribution < 1.29 is 4.42 Å². The number of hydrogen-bond donors (Lipinski definition) is 0. The molecule has 1 heterocycles. The molecule has 0 radical (unpaired) electrons. The zero-order valence-corrected chi connectivity index (χ0v) is 23.7. The van der Waals surface area contributed by atoms with Crippen LogP contribution in [-0.2, 0) is 6.42 Å². The third-order valence-corrected chi connectivity index (χ3v) is 9.14. The Bertz CT molecular complexity index is 2330. The number of furan rings is 1. The second-order valence-electron chi connectivity index (χ2n) is 11.5. The summed E-state index contributed by atoms with van der Waals surface area (Å²) in [7, 11) is 0. The maximum Gasteiger partial charge on any atom is 0.142 e. The highest BCUT2D eigenvalue weighted by molar-refractivity contribution is 6.23. The lowest BCUT2D eigenvalue weighted by atomic mass is 9.85. The highest BCUT2D eigenvalue weighted by Crippen LogP contribution is 2.46. The lowest BCUT2D eigenvalue weighted by Gasteiger charge is -2.18. The Morgan fingerprint density at radius 1 is 0.465 bits per heavy atom. The van der Waals surface area contributed by atoms with E-state index >= 15 is 0 Å². The Kier molecular flexibility index (Phi) is 5.39. The normalized spacial score (nSPS) is 12.8. The van der Waals surface area contributed by atoms with Crippen molar-refractivity contribution in [3.8, 4) is 33.4 Å². The lowest BCUT2D eigenvalue weighted by molar-refractivity contribution is 0.596. The van der Waals surface area contributed by atoms with Gasteiger partial charge in [0.05, 0.1) is 0 Å². The number of aryl methyl sites for hydroxylation is 1.